The normalized spacial score (nSPS) is 11.4. The highest BCUT2D eigenvalue weighted by molar-refractivity contribution is 6.08. The minimum absolute atomic E-state index is 0.783. The van der Waals surface area contributed by atoms with Crippen molar-refractivity contribution < 1.29 is 0 Å². The number of pyridine rings is 1. The van der Waals surface area contributed by atoms with Crippen LogP contribution in [0.4, 0.5) is 5.69 Å². The van der Waals surface area contributed by atoms with Gasteiger partial charge < -0.3 is 16.0 Å². The van der Waals surface area contributed by atoms with Crippen LogP contribution < -0.4 is 10.6 Å². The van der Waals surface area contributed by atoms with Gasteiger partial charge in [-0.3, -0.25) is 4.40 Å². The molecule has 3 N–H and O–H groups in total. The van der Waals surface area contributed by atoms with E-state index < -0.39 is 0 Å². The Hall–Kier alpha value is -3.86. The van der Waals surface area contributed by atoms with Gasteiger partial charge in [0.15, 0.2) is 0 Å². The molecule has 0 spiro atoms. The second kappa shape index (κ2) is 8.44. The number of anilines is 1. The Morgan fingerprint density at radius 3 is 2.72 bits per heavy atom. The highest BCUT2D eigenvalue weighted by Gasteiger charge is 2.08. The number of nitrogens with one attached hydrogen (secondary N) is 3. The largest absolute Gasteiger partial charge is 0.393 e. The Balaban J connectivity index is 1.61. The summed E-state index contributed by atoms with van der Waals surface area (Å²) in [6, 6.07) is 22.7. The smallest absolute Gasteiger partial charge is 0.137 e. The summed E-state index contributed by atoms with van der Waals surface area (Å²) in [7, 11) is 1.83. The molecule has 0 bridgehead atoms. The van der Waals surface area contributed by atoms with E-state index in [-0.39, 0.29) is 0 Å². The fourth-order valence-electron chi connectivity index (χ4n) is 3.33. The fourth-order valence-corrected chi connectivity index (χ4v) is 3.33. The number of aromatic nitrogens is 2. The molecule has 5 nitrogen and oxygen atoms in total. The number of hydrogen-bond donors (Lipinski definition) is 3. The van der Waals surface area contributed by atoms with Gasteiger partial charge in [-0.2, -0.15) is 0 Å². The first-order chi connectivity index (χ1) is 14.3. The van der Waals surface area contributed by atoms with E-state index in [1.165, 1.54) is 11.8 Å². The Labute approximate surface area is 170 Å². The van der Waals surface area contributed by atoms with Gasteiger partial charge in [-0.1, -0.05) is 42.5 Å². The van der Waals surface area contributed by atoms with Gasteiger partial charge in [0.05, 0.1) is 11.9 Å². The van der Waals surface area contributed by atoms with Crippen molar-refractivity contribution in [1.29, 1.82) is 5.41 Å². The van der Waals surface area contributed by atoms with E-state index in [4.69, 9.17) is 5.41 Å². The third kappa shape index (κ3) is 4.04. The van der Waals surface area contributed by atoms with Crippen LogP contribution in [0, 0.1) is 5.41 Å². The second-order valence-electron chi connectivity index (χ2n) is 6.74. The van der Waals surface area contributed by atoms with Gasteiger partial charge in [0.25, 0.3) is 0 Å². The molecule has 29 heavy (non-hydrogen) atoms. The molecule has 144 valence electrons. The third-order valence-electron chi connectivity index (χ3n) is 4.80. The number of rotatable bonds is 7. The van der Waals surface area contributed by atoms with E-state index in [1.54, 1.807) is 0 Å². The molecule has 0 saturated carbocycles. The van der Waals surface area contributed by atoms with Crippen molar-refractivity contribution in [3.05, 3.63) is 96.5 Å². The maximum Gasteiger partial charge on any atom is 0.137 e. The average Bonchev–Trinajstić information content (AvgIpc) is 3.20. The van der Waals surface area contributed by atoms with E-state index in [9.17, 15) is 0 Å². The summed E-state index contributed by atoms with van der Waals surface area (Å²) in [4.78, 5) is 4.58. The van der Waals surface area contributed by atoms with Crippen molar-refractivity contribution in [3.63, 3.8) is 0 Å². The Morgan fingerprint density at radius 1 is 1.07 bits per heavy atom. The number of benzene rings is 2. The molecule has 0 saturated heterocycles. The van der Waals surface area contributed by atoms with Crippen molar-refractivity contribution in [3.8, 4) is 11.3 Å². The summed E-state index contributed by atoms with van der Waals surface area (Å²) in [5.74, 6) is 0. The summed E-state index contributed by atoms with van der Waals surface area (Å²) in [6.07, 6.45) is 7.05. The zero-order valence-electron chi connectivity index (χ0n) is 16.3. The van der Waals surface area contributed by atoms with Crippen LogP contribution in [0.1, 0.15) is 11.1 Å². The summed E-state index contributed by atoms with van der Waals surface area (Å²) < 4.78 is 2.07. The van der Waals surface area contributed by atoms with Gasteiger partial charge in [0.2, 0.25) is 0 Å². The Morgan fingerprint density at radius 2 is 1.93 bits per heavy atom. The highest BCUT2D eigenvalue weighted by Crippen LogP contribution is 2.25. The van der Waals surface area contributed by atoms with Crippen molar-refractivity contribution in [1.82, 2.24) is 14.7 Å². The van der Waals surface area contributed by atoms with Crippen molar-refractivity contribution in [2.24, 2.45) is 0 Å². The van der Waals surface area contributed by atoms with Gasteiger partial charge in [-0.15, -0.1) is 0 Å². The monoisotopic (exact) mass is 381 g/mol. The van der Waals surface area contributed by atoms with E-state index in [1.807, 2.05) is 43.8 Å². The van der Waals surface area contributed by atoms with Crippen LogP contribution in [-0.2, 0) is 6.54 Å². The second-order valence-corrected chi connectivity index (χ2v) is 6.74. The minimum atomic E-state index is 0.783. The summed E-state index contributed by atoms with van der Waals surface area (Å²) in [5.41, 5.74) is 7.07. The highest BCUT2D eigenvalue weighted by atomic mass is 15.0. The van der Waals surface area contributed by atoms with Gasteiger partial charge in [-0.05, 0) is 35.4 Å². The van der Waals surface area contributed by atoms with Crippen LogP contribution in [0.5, 0.6) is 0 Å². The molecular formula is C24H23N5. The topological polar surface area (TPSA) is 65.2 Å². The van der Waals surface area contributed by atoms with Crippen LogP contribution >= 0.6 is 0 Å². The fraction of sp³-hybridized carbons (Fsp3) is 0.0833. The SMILES string of the molecule is CN/C=C(\C=N)c1ccn2c(-c3cccc(NCc4ccccc4)c3)cnc2c1. The van der Waals surface area contributed by atoms with E-state index in [2.05, 4.69) is 68.5 Å². The van der Waals surface area contributed by atoms with Crippen molar-refractivity contribution in [2.45, 2.75) is 6.54 Å². The first-order valence-electron chi connectivity index (χ1n) is 9.52. The number of nitrogens with zero attached hydrogens (tertiary/aromatic N) is 2. The number of allylic oxidation sites excluding steroid dienone is 1. The molecule has 0 aliphatic carbocycles. The first-order valence-corrected chi connectivity index (χ1v) is 9.52. The molecule has 0 unspecified atom stereocenters. The zero-order chi connectivity index (χ0) is 20.1. The zero-order valence-corrected chi connectivity index (χ0v) is 16.3. The van der Waals surface area contributed by atoms with Gasteiger partial charge in [-0.25, -0.2) is 4.98 Å². The summed E-state index contributed by atoms with van der Waals surface area (Å²) >= 11 is 0. The van der Waals surface area contributed by atoms with Crippen molar-refractivity contribution in [2.75, 3.05) is 12.4 Å². The maximum atomic E-state index is 7.61. The van der Waals surface area contributed by atoms with E-state index >= 15 is 0 Å². The lowest BCUT2D eigenvalue weighted by molar-refractivity contribution is 1.11. The molecule has 0 aliphatic heterocycles. The molecule has 2 aromatic heterocycles. The van der Waals surface area contributed by atoms with E-state index in [0.29, 0.717) is 0 Å². The van der Waals surface area contributed by atoms with Crippen LogP contribution in [0.2, 0.25) is 0 Å². The molecule has 0 amide bonds. The number of fused-ring (bicyclic) bond motifs is 1. The molecule has 2 heterocycles. The lowest BCUT2D eigenvalue weighted by Crippen LogP contribution is -1.99. The van der Waals surface area contributed by atoms with Crippen LogP contribution in [0.25, 0.3) is 22.5 Å². The lowest BCUT2D eigenvalue weighted by atomic mass is 10.1. The quantitative estimate of drug-likeness (QED) is 0.402. The summed E-state index contributed by atoms with van der Waals surface area (Å²) in [5, 5.41) is 14.1. The van der Waals surface area contributed by atoms with E-state index in [0.717, 1.165) is 40.3 Å². The molecule has 0 aliphatic rings. The predicted octanol–water partition coefficient (Wildman–Crippen LogP) is 4.82. The average molecular weight is 381 g/mol. The Bertz CT molecular complexity index is 1160. The maximum absolute atomic E-state index is 7.61. The Kier molecular flexibility index (Phi) is 5.38. The standard InChI is InChI=1S/C24H23N5/c1-26-16-21(14-25)19-10-11-29-23(17-28-24(29)13-19)20-8-5-9-22(12-20)27-15-18-6-3-2-4-7-18/h2-14,16-17,25-27H,15H2,1H3/b21-16+,25-14?. The molecule has 5 heteroatoms. The molecule has 4 aromatic rings. The number of imidazole rings is 1. The van der Waals surface area contributed by atoms with Gasteiger partial charge in [0, 0.05) is 49.0 Å². The molecule has 2 aromatic carbocycles. The van der Waals surface area contributed by atoms with Crippen LogP contribution in [-0.4, -0.2) is 22.6 Å². The molecule has 0 radical (unpaired) electrons. The summed E-state index contributed by atoms with van der Waals surface area (Å²) in [6.45, 7) is 0.783. The van der Waals surface area contributed by atoms with Crippen molar-refractivity contribution >= 4 is 23.1 Å². The van der Waals surface area contributed by atoms with Crippen LogP contribution in [0.3, 0.4) is 0 Å². The molecule has 4 rings (SSSR count). The molecule has 0 atom stereocenters. The first kappa shape index (κ1) is 18.5. The molecule has 0 fully saturated rings. The predicted molar refractivity (Wildman–Crippen MR) is 120 cm³/mol. The number of hydrogen-bond acceptors (Lipinski definition) is 4. The third-order valence-corrected chi connectivity index (χ3v) is 4.80. The lowest BCUT2D eigenvalue weighted by Gasteiger charge is -2.09. The molecular weight excluding hydrogens is 358 g/mol. The van der Waals surface area contributed by atoms with Gasteiger partial charge in [0.1, 0.15) is 5.65 Å². The van der Waals surface area contributed by atoms with Crippen LogP contribution in [0.15, 0.2) is 85.3 Å². The van der Waals surface area contributed by atoms with Gasteiger partial charge >= 0.3 is 0 Å². The minimum Gasteiger partial charge on any atom is -0.393 e.